The summed E-state index contributed by atoms with van der Waals surface area (Å²) in [4.78, 5) is 0. The summed E-state index contributed by atoms with van der Waals surface area (Å²) in [5.74, 6) is 0.691. The number of aromatic nitrogens is 4. The molecule has 0 saturated carbocycles. The number of nitrogens with zero attached hydrogens (tertiary/aromatic N) is 4. The summed E-state index contributed by atoms with van der Waals surface area (Å²) in [7, 11) is -42.6. The van der Waals surface area contributed by atoms with Crippen molar-refractivity contribution in [1.29, 1.82) is 0 Å². The van der Waals surface area contributed by atoms with Gasteiger partial charge in [-0.05, 0) is 99.1 Å². The van der Waals surface area contributed by atoms with E-state index in [9.17, 15) is 101 Å². The first kappa shape index (κ1) is 72.4. The molecule has 4 aromatic heterocycles. The van der Waals surface area contributed by atoms with E-state index in [0.717, 1.165) is 26.2 Å². The van der Waals surface area contributed by atoms with Crippen molar-refractivity contribution in [2.75, 3.05) is 0 Å². The Hall–Kier alpha value is -8.82. The van der Waals surface area contributed by atoms with Crippen LogP contribution < -0.4 is 18.3 Å². The van der Waals surface area contributed by atoms with Gasteiger partial charge in [0.2, 0.25) is 0 Å². The van der Waals surface area contributed by atoms with Gasteiger partial charge in [-0.15, -0.1) is 0 Å². The van der Waals surface area contributed by atoms with Crippen LogP contribution in [0.15, 0.2) is 266 Å². The predicted molar refractivity (Wildman–Crippen MR) is 343 cm³/mol. The zero-order valence-electron chi connectivity index (χ0n) is 50.7. The van der Waals surface area contributed by atoms with E-state index in [4.69, 9.17) is 0 Å². The van der Waals surface area contributed by atoms with Gasteiger partial charge in [0.05, 0.1) is 0 Å². The number of allylic oxidation sites excluding steroid dienone is 14. The molecule has 2 atom stereocenters. The van der Waals surface area contributed by atoms with Crippen LogP contribution in [0.1, 0.15) is 33.4 Å². The third-order valence-corrected chi connectivity index (χ3v) is 16.0. The molecule has 31 rings (SSSR count). The molecule has 0 amide bonds. The quantitative estimate of drug-likeness (QED) is 0.0622. The van der Waals surface area contributed by atoms with Crippen molar-refractivity contribution < 1.29 is 119 Å². The standard InChI is InChI=1S/C68H50N4.4F6P/c1-5-47-6-2-45(1)41-69-29-21-49(22-30-69)59-37-55-9-11-57-39-60(40-58-12-10-56(38-59)65(55)66(57)58)50-23-31-70(32-24-50)42-46-3-7-48(8-4-46)44-72-35-27-52(28-36-72)62-18-14-54-15-19-63-61(51-25-33-71(43-47)34-26-51)17-13-53-16-20-64(62)68(54)67(53)63;4*1-7(2,3,4,5)6/h1-40,65-66H,41-44H2;;;;/q+4;4*-1. The molecule has 0 fully saturated rings. The van der Waals surface area contributed by atoms with Crippen LogP contribution in [0.4, 0.5) is 101 Å². The van der Waals surface area contributed by atoms with Crippen LogP contribution in [0.5, 0.6) is 0 Å². The molecule has 6 aromatic carbocycles. The van der Waals surface area contributed by atoms with Gasteiger partial charge < -0.3 is 0 Å². The second kappa shape index (κ2) is 22.3. The number of hydrogen-bond acceptors (Lipinski definition) is 0. The molecule has 26 bridgehead atoms. The Kier molecular flexibility index (Phi) is 16.2. The molecule has 0 N–H and O–H groups in total. The summed E-state index contributed by atoms with van der Waals surface area (Å²) in [6.45, 7) is 3.27. The van der Waals surface area contributed by atoms with Crippen LogP contribution in [0.2, 0.25) is 0 Å². The first-order valence-electron chi connectivity index (χ1n) is 29.4. The van der Waals surface area contributed by atoms with Crippen molar-refractivity contribution in [3.05, 3.63) is 299 Å². The Bertz CT molecular complexity index is 4710. The first-order chi connectivity index (χ1) is 45.4. The summed E-state index contributed by atoms with van der Waals surface area (Å²) in [5, 5.41) is 7.80. The molecule has 530 valence electrons. The molecule has 2 unspecified atom stereocenters. The van der Waals surface area contributed by atoms with Gasteiger partial charge >= 0.3 is 132 Å². The van der Waals surface area contributed by atoms with Gasteiger partial charge in [0.15, 0.2) is 75.8 Å². The van der Waals surface area contributed by atoms with Crippen molar-refractivity contribution >= 4 is 74.7 Å². The minimum absolute atomic E-state index is 0.346. The van der Waals surface area contributed by atoms with Crippen molar-refractivity contribution in [2.24, 2.45) is 11.8 Å². The molecule has 4 nitrogen and oxygen atoms in total. The van der Waals surface area contributed by atoms with E-state index in [-0.39, 0.29) is 0 Å². The van der Waals surface area contributed by atoms with Crippen LogP contribution >= 0.6 is 31.2 Å². The fraction of sp³-hybridized carbons (Fsp3) is 0.0882. The van der Waals surface area contributed by atoms with Crippen molar-refractivity contribution in [3.8, 4) is 22.3 Å². The number of benzene rings is 6. The van der Waals surface area contributed by atoms with Gasteiger partial charge in [-0.25, -0.2) is 18.3 Å². The van der Waals surface area contributed by atoms with Crippen LogP contribution in [0.25, 0.3) is 65.7 Å². The number of hydrogen-bond donors (Lipinski definition) is 0. The molecular formula is C68H50F24N4P4. The Morgan fingerprint density at radius 3 is 0.730 bits per heavy atom. The zero-order valence-corrected chi connectivity index (χ0v) is 54.3. The number of pyridine rings is 4. The molecule has 4 aliphatic carbocycles. The van der Waals surface area contributed by atoms with E-state index in [1.807, 2.05) is 0 Å². The molecule has 21 aliphatic rings. The summed E-state index contributed by atoms with van der Waals surface area (Å²) < 4.78 is 246. The summed E-state index contributed by atoms with van der Waals surface area (Å²) in [6, 6.07) is 54.8. The summed E-state index contributed by atoms with van der Waals surface area (Å²) >= 11 is 0. The van der Waals surface area contributed by atoms with Crippen molar-refractivity contribution in [2.45, 2.75) is 26.2 Å². The van der Waals surface area contributed by atoms with E-state index in [0.29, 0.717) is 11.8 Å². The van der Waals surface area contributed by atoms with Crippen LogP contribution in [-0.4, -0.2) is 0 Å². The van der Waals surface area contributed by atoms with E-state index in [1.165, 1.54) is 121 Å². The van der Waals surface area contributed by atoms with E-state index in [2.05, 4.69) is 262 Å². The van der Waals surface area contributed by atoms with Crippen molar-refractivity contribution in [3.63, 3.8) is 0 Å². The number of rotatable bonds is 0. The third kappa shape index (κ3) is 22.1. The van der Waals surface area contributed by atoms with Crippen molar-refractivity contribution in [1.82, 2.24) is 0 Å². The van der Waals surface area contributed by atoms with Crippen LogP contribution in [0.3, 0.4) is 0 Å². The first-order valence-corrected chi connectivity index (χ1v) is 37.5. The Labute approximate surface area is 551 Å². The molecule has 32 heteroatoms. The Balaban J connectivity index is 0.000000305. The van der Waals surface area contributed by atoms with Crippen LogP contribution in [-0.2, 0) is 26.2 Å². The molecular weight excluding hydrogens is 1450 g/mol. The average Bonchev–Trinajstić information content (AvgIpc) is 0.728. The maximum atomic E-state index is 9.87. The summed E-state index contributed by atoms with van der Waals surface area (Å²) in [6.07, 6.45) is 36.9. The van der Waals surface area contributed by atoms with Gasteiger partial charge in [-0.3, -0.25) is 0 Å². The second-order valence-electron chi connectivity index (χ2n) is 24.3. The third-order valence-electron chi connectivity index (χ3n) is 16.0. The number of halogens is 24. The Morgan fingerprint density at radius 1 is 0.250 bits per heavy atom. The van der Waals surface area contributed by atoms with E-state index < -0.39 is 31.2 Å². The predicted octanol–water partition coefficient (Wildman–Crippen LogP) is 26.1. The molecule has 21 heterocycles. The van der Waals surface area contributed by atoms with Gasteiger partial charge in [0.25, 0.3) is 0 Å². The van der Waals surface area contributed by atoms with Crippen LogP contribution in [0, 0.1) is 11.8 Å². The molecule has 0 saturated heterocycles. The SMILES string of the molecule is C1=CC2=CC3=CC4=CC=C5C=C(C=C1C5C42)c1cc[n+](cc1)Cc1ccc(cc1)C[n+]1ccc(cc1)-c1ccc2ccc4c(ccc5ccc1c2c54)-c1cc[n+](cc1)Cc1ccc(cc1)C[n+]1ccc3cc1.F[P-](F)(F)(F)(F)F.F[P-](F)(F)(F)(F)F.F[P-](F)(F)(F)(F)F.F[P-](F)(F)(F)(F)F. The monoisotopic (exact) mass is 1500 g/mol. The molecule has 0 spiro atoms. The minimum atomic E-state index is -10.7. The van der Waals surface area contributed by atoms with E-state index >= 15 is 0 Å². The fourth-order valence-electron chi connectivity index (χ4n) is 12.3. The second-order valence-corrected chi connectivity index (χ2v) is 31.9. The summed E-state index contributed by atoms with van der Waals surface area (Å²) in [5.41, 5.74) is 20.7. The van der Waals surface area contributed by atoms with Gasteiger partial charge in [-0.2, -0.15) is 0 Å². The normalized spacial score (nSPS) is 19.2. The van der Waals surface area contributed by atoms with Gasteiger partial charge in [0.1, 0.15) is 0 Å². The molecule has 0 radical (unpaired) electrons. The molecule has 17 aliphatic heterocycles. The molecule has 10 aromatic rings. The zero-order chi connectivity index (χ0) is 72.9. The Morgan fingerprint density at radius 2 is 0.480 bits per heavy atom. The fourth-order valence-corrected chi connectivity index (χ4v) is 12.3. The topological polar surface area (TPSA) is 15.5 Å². The maximum absolute atomic E-state index is 10.7. The average molecular weight is 1500 g/mol. The van der Waals surface area contributed by atoms with Gasteiger partial charge in [-0.1, -0.05) is 146 Å². The van der Waals surface area contributed by atoms with Gasteiger partial charge in [0, 0.05) is 82.6 Å². The molecule has 100 heavy (non-hydrogen) atoms. The van der Waals surface area contributed by atoms with E-state index in [1.54, 1.807) is 0 Å².